The summed E-state index contributed by atoms with van der Waals surface area (Å²) in [5, 5.41) is 3.60. The van der Waals surface area contributed by atoms with Crippen molar-refractivity contribution in [2.75, 3.05) is 19.6 Å². The summed E-state index contributed by atoms with van der Waals surface area (Å²) >= 11 is 0. The van der Waals surface area contributed by atoms with Crippen LogP contribution in [0.1, 0.15) is 60.3 Å². The summed E-state index contributed by atoms with van der Waals surface area (Å²) in [5.74, 6) is 0.671. The summed E-state index contributed by atoms with van der Waals surface area (Å²) in [4.78, 5) is 14.1. The number of ether oxygens (including phenoxy) is 1. The van der Waals surface area contributed by atoms with Gasteiger partial charge in [0.05, 0.1) is 0 Å². The van der Waals surface area contributed by atoms with E-state index in [9.17, 15) is 4.79 Å². The van der Waals surface area contributed by atoms with Gasteiger partial charge in [-0.2, -0.15) is 0 Å². The molecule has 1 saturated heterocycles. The van der Waals surface area contributed by atoms with Crippen molar-refractivity contribution < 1.29 is 9.53 Å². The third kappa shape index (κ3) is 6.12. The Kier molecular flexibility index (Phi) is 6.80. The molecule has 1 unspecified atom stereocenters. The Morgan fingerprint density at radius 3 is 2.65 bits per heavy atom. The first-order valence-corrected chi connectivity index (χ1v) is 8.05. The van der Waals surface area contributed by atoms with E-state index in [1.807, 2.05) is 25.7 Å². The normalized spacial score (nSPS) is 20.9. The fraction of sp³-hybridized carbons (Fsp3) is 0.938. The standard InChI is InChI=1S/C16H32N2O2/c1-6-16(4,5)20-15(19)18-10-7-8-14(9-11-18)17-12-13(2)3/h13-14,17H,6-12H2,1-5H3. The summed E-state index contributed by atoms with van der Waals surface area (Å²) in [6.45, 7) is 13.1. The number of amides is 1. The molecule has 20 heavy (non-hydrogen) atoms. The summed E-state index contributed by atoms with van der Waals surface area (Å²) in [6.07, 6.45) is 3.91. The molecule has 0 aliphatic carbocycles. The predicted molar refractivity (Wildman–Crippen MR) is 82.9 cm³/mol. The van der Waals surface area contributed by atoms with Crippen LogP contribution >= 0.6 is 0 Å². The lowest BCUT2D eigenvalue weighted by atomic mass is 10.1. The third-order valence-corrected chi connectivity index (χ3v) is 4.02. The van der Waals surface area contributed by atoms with Gasteiger partial charge in [-0.15, -0.1) is 0 Å². The summed E-state index contributed by atoms with van der Waals surface area (Å²) < 4.78 is 5.58. The molecule has 0 aromatic heterocycles. The van der Waals surface area contributed by atoms with Gasteiger partial charge >= 0.3 is 6.09 Å². The molecule has 4 heteroatoms. The van der Waals surface area contributed by atoms with E-state index in [-0.39, 0.29) is 11.7 Å². The van der Waals surface area contributed by atoms with E-state index in [0.717, 1.165) is 45.3 Å². The lowest BCUT2D eigenvalue weighted by Crippen LogP contribution is -2.39. The first kappa shape index (κ1) is 17.3. The zero-order valence-electron chi connectivity index (χ0n) is 13.9. The van der Waals surface area contributed by atoms with Crippen molar-refractivity contribution in [1.82, 2.24) is 10.2 Å². The van der Waals surface area contributed by atoms with Crippen molar-refractivity contribution in [3.05, 3.63) is 0 Å². The van der Waals surface area contributed by atoms with Crippen molar-refractivity contribution in [3.8, 4) is 0 Å². The number of hydrogen-bond donors (Lipinski definition) is 1. The van der Waals surface area contributed by atoms with Gasteiger partial charge in [0.2, 0.25) is 0 Å². The van der Waals surface area contributed by atoms with Crippen LogP contribution in [-0.4, -0.2) is 42.3 Å². The van der Waals surface area contributed by atoms with Gasteiger partial charge in [-0.25, -0.2) is 4.79 Å². The third-order valence-electron chi connectivity index (χ3n) is 4.02. The Morgan fingerprint density at radius 2 is 2.05 bits per heavy atom. The molecule has 4 nitrogen and oxygen atoms in total. The van der Waals surface area contributed by atoms with Gasteiger partial charge < -0.3 is 15.0 Å². The largest absolute Gasteiger partial charge is 0.443 e. The van der Waals surface area contributed by atoms with Gasteiger partial charge in [0.1, 0.15) is 5.60 Å². The van der Waals surface area contributed by atoms with Gasteiger partial charge in [0.25, 0.3) is 0 Å². The quantitative estimate of drug-likeness (QED) is 0.841. The predicted octanol–water partition coefficient (Wildman–Crippen LogP) is 3.41. The Morgan fingerprint density at radius 1 is 1.35 bits per heavy atom. The van der Waals surface area contributed by atoms with Crippen molar-refractivity contribution in [2.24, 2.45) is 5.92 Å². The molecule has 1 rings (SSSR count). The van der Waals surface area contributed by atoms with E-state index < -0.39 is 0 Å². The lowest BCUT2D eigenvalue weighted by molar-refractivity contribution is 0.0119. The van der Waals surface area contributed by atoms with Crippen molar-refractivity contribution in [1.29, 1.82) is 0 Å². The number of carbonyl (C=O) groups excluding carboxylic acids is 1. The molecule has 0 radical (unpaired) electrons. The lowest BCUT2D eigenvalue weighted by Gasteiger charge is -2.28. The topological polar surface area (TPSA) is 41.6 Å². The minimum Gasteiger partial charge on any atom is -0.443 e. The van der Waals surface area contributed by atoms with Gasteiger partial charge in [0, 0.05) is 19.1 Å². The van der Waals surface area contributed by atoms with Crippen molar-refractivity contribution in [2.45, 2.75) is 71.9 Å². The first-order valence-electron chi connectivity index (χ1n) is 8.05. The molecule has 1 aliphatic rings. The zero-order valence-corrected chi connectivity index (χ0v) is 13.9. The zero-order chi connectivity index (χ0) is 15.2. The number of carbonyl (C=O) groups is 1. The van der Waals surface area contributed by atoms with E-state index >= 15 is 0 Å². The van der Waals surface area contributed by atoms with Gasteiger partial charge in [0.15, 0.2) is 0 Å². The highest BCUT2D eigenvalue weighted by atomic mass is 16.6. The molecule has 118 valence electrons. The average Bonchev–Trinajstić information content (AvgIpc) is 2.61. The molecule has 1 N–H and O–H groups in total. The molecule has 0 bridgehead atoms. The van der Waals surface area contributed by atoms with Crippen LogP contribution in [0.15, 0.2) is 0 Å². The van der Waals surface area contributed by atoms with Crippen LogP contribution in [-0.2, 0) is 4.74 Å². The minimum atomic E-state index is -0.362. The van der Waals surface area contributed by atoms with Gasteiger partial charge in [-0.3, -0.25) is 0 Å². The second-order valence-corrected chi connectivity index (χ2v) is 6.90. The monoisotopic (exact) mass is 284 g/mol. The fourth-order valence-corrected chi connectivity index (χ4v) is 2.26. The Balaban J connectivity index is 2.41. The van der Waals surface area contributed by atoms with E-state index in [2.05, 4.69) is 19.2 Å². The molecule has 1 heterocycles. The molecule has 0 saturated carbocycles. The SMILES string of the molecule is CCC(C)(C)OC(=O)N1CCCC(NCC(C)C)CC1. The molecule has 0 aromatic rings. The second kappa shape index (κ2) is 7.87. The van der Waals surface area contributed by atoms with Crippen LogP contribution in [0, 0.1) is 5.92 Å². The summed E-state index contributed by atoms with van der Waals surface area (Å²) in [7, 11) is 0. The number of hydrogen-bond acceptors (Lipinski definition) is 3. The molecule has 0 spiro atoms. The van der Waals surface area contributed by atoms with Crippen molar-refractivity contribution >= 4 is 6.09 Å². The maximum absolute atomic E-state index is 12.2. The van der Waals surface area contributed by atoms with Crippen LogP contribution in [0.3, 0.4) is 0 Å². The van der Waals surface area contributed by atoms with Gasteiger partial charge in [-0.05, 0) is 52.0 Å². The van der Waals surface area contributed by atoms with Crippen molar-refractivity contribution in [3.63, 3.8) is 0 Å². The fourth-order valence-electron chi connectivity index (χ4n) is 2.26. The summed E-state index contributed by atoms with van der Waals surface area (Å²) in [6, 6.07) is 0.536. The first-order chi connectivity index (χ1) is 9.34. The van der Waals surface area contributed by atoms with Crippen LogP contribution in [0.25, 0.3) is 0 Å². The highest BCUT2D eigenvalue weighted by Crippen LogP contribution is 2.18. The Hall–Kier alpha value is -0.770. The smallest absolute Gasteiger partial charge is 0.410 e. The molecular formula is C16H32N2O2. The van der Waals surface area contributed by atoms with Crippen LogP contribution in [0.5, 0.6) is 0 Å². The molecule has 1 fully saturated rings. The number of nitrogens with zero attached hydrogens (tertiary/aromatic N) is 1. The maximum atomic E-state index is 12.2. The number of likely N-dealkylation sites (tertiary alicyclic amines) is 1. The van der Waals surface area contributed by atoms with Crippen LogP contribution in [0.2, 0.25) is 0 Å². The molecule has 1 amide bonds. The van der Waals surface area contributed by atoms with E-state index in [1.54, 1.807) is 0 Å². The average molecular weight is 284 g/mol. The van der Waals surface area contributed by atoms with E-state index in [1.165, 1.54) is 0 Å². The Labute approximate surface area is 124 Å². The molecule has 1 aliphatic heterocycles. The number of rotatable bonds is 5. The second-order valence-electron chi connectivity index (χ2n) is 6.90. The summed E-state index contributed by atoms with van der Waals surface area (Å²) in [5.41, 5.74) is -0.362. The van der Waals surface area contributed by atoms with E-state index in [4.69, 9.17) is 4.74 Å². The molecular weight excluding hydrogens is 252 g/mol. The maximum Gasteiger partial charge on any atom is 0.410 e. The highest BCUT2D eigenvalue weighted by Gasteiger charge is 2.26. The van der Waals surface area contributed by atoms with E-state index in [0.29, 0.717) is 12.0 Å². The minimum absolute atomic E-state index is 0.152. The highest BCUT2D eigenvalue weighted by molar-refractivity contribution is 5.68. The van der Waals surface area contributed by atoms with Crippen LogP contribution in [0.4, 0.5) is 4.79 Å². The molecule has 1 atom stereocenters. The van der Waals surface area contributed by atoms with Crippen LogP contribution < -0.4 is 5.32 Å². The Bertz CT molecular complexity index is 303. The molecule has 0 aromatic carbocycles. The van der Waals surface area contributed by atoms with Gasteiger partial charge in [-0.1, -0.05) is 20.8 Å². The number of nitrogens with one attached hydrogen (secondary N) is 1.